The maximum atomic E-state index is 10.5. The fourth-order valence-electron chi connectivity index (χ4n) is 3.22. The highest BCUT2D eigenvalue weighted by atomic mass is 35.5. The van der Waals surface area contributed by atoms with E-state index in [4.69, 9.17) is 16.3 Å². The Morgan fingerprint density at radius 2 is 2.20 bits per heavy atom. The molecule has 1 N–H and O–H groups in total. The molecule has 1 saturated carbocycles. The molecule has 1 aromatic carbocycles. The zero-order chi connectivity index (χ0) is 14.5. The number of benzene rings is 1. The minimum Gasteiger partial charge on any atom is -0.488 e. The molecule has 0 saturated heterocycles. The van der Waals surface area contributed by atoms with Crippen LogP contribution in [0.2, 0.25) is 5.02 Å². The molecule has 0 amide bonds. The van der Waals surface area contributed by atoms with Crippen molar-refractivity contribution in [1.82, 2.24) is 0 Å². The summed E-state index contributed by atoms with van der Waals surface area (Å²) < 4.78 is 5.84. The fraction of sp³-hybridized carbons (Fsp3) is 0.647. The van der Waals surface area contributed by atoms with E-state index in [-0.39, 0.29) is 6.10 Å². The third-order valence-electron chi connectivity index (χ3n) is 4.48. The number of rotatable bonds is 5. The number of hydrogen-bond acceptors (Lipinski definition) is 2. The predicted molar refractivity (Wildman–Crippen MR) is 83.3 cm³/mol. The van der Waals surface area contributed by atoms with Crippen molar-refractivity contribution in [3.63, 3.8) is 0 Å². The van der Waals surface area contributed by atoms with Gasteiger partial charge < -0.3 is 9.84 Å². The second-order valence-corrected chi connectivity index (χ2v) is 6.41. The van der Waals surface area contributed by atoms with Crippen molar-refractivity contribution in [2.24, 2.45) is 11.8 Å². The molecule has 4 unspecified atom stereocenters. The van der Waals surface area contributed by atoms with Gasteiger partial charge in [-0.3, -0.25) is 0 Å². The Balaban J connectivity index is 1.92. The lowest BCUT2D eigenvalue weighted by Crippen LogP contribution is -2.37. The Morgan fingerprint density at radius 1 is 1.40 bits per heavy atom. The first-order valence-electron chi connectivity index (χ1n) is 7.70. The van der Waals surface area contributed by atoms with Gasteiger partial charge in [0, 0.05) is 5.02 Å². The average Bonchev–Trinajstić information content (AvgIpc) is 2.46. The maximum Gasteiger partial charge on any atom is 0.122 e. The van der Waals surface area contributed by atoms with Crippen molar-refractivity contribution in [1.29, 1.82) is 0 Å². The van der Waals surface area contributed by atoms with Gasteiger partial charge in [0.25, 0.3) is 0 Å². The molecule has 20 heavy (non-hydrogen) atoms. The summed E-state index contributed by atoms with van der Waals surface area (Å²) >= 11 is 5.95. The van der Waals surface area contributed by atoms with E-state index in [1.165, 1.54) is 19.3 Å². The van der Waals surface area contributed by atoms with Crippen molar-refractivity contribution < 1.29 is 9.84 Å². The summed E-state index contributed by atoms with van der Waals surface area (Å²) in [7, 11) is 0. The molecule has 0 radical (unpaired) electrons. The third-order valence-corrected chi connectivity index (χ3v) is 4.72. The molecule has 0 heterocycles. The van der Waals surface area contributed by atoms with Crippen LogP contribution < -0.4 is 4.74 Å². The lowest BCUT2D eigenvalue weighted by molar-refractivity contribution is -0.0128. The van der Waals surface area contributed by atoms with Crippen LogP contribution in [0.4, 0.5) is 0 Å². The van der Waals surface area contributed by atoms with Crippen molar-refractivity contribution in [2.75, 3.05) is 0 Å². The van der Waals surface area contributed by atoms with Crippen molar-refractivity contribution >= 4 is 11.6 Å². The number of aliphatic hydroxyl groups is 1. The molecule has 0 aromatic heterocycles. The third kappa shape index (κ3) is 4.13. The smallest absolute Gasteiger partial charge is 0.122 e. The highest BCUT2D eigenvalue weighted by molar-refractivity contribution is 6.30. The lowest BCUT2D eigenvalue weighted by atomic mass is 9.76. The van der Waals surface area contributed by atoms with E-state index in [0.717, 1.165) is 24.5 Å². The topological polar surface area (TPSA) is 29.5 Å². The Hall–Kier alpha value is -0.730. The Bertz CT molecular complexity index is 421. The second-order valence-electron chi connectivity index (χ2n) is 5.97. The summed E-state index contributed by atoms with van der Waals surface area (Å²) in [6, 6.07) is 7.36. The van der Waals surface area contributed by atoms with Crippen molar-refractivity contribution in [2.45, 2.75) is 58.2 Å². The molecule has 0 spiro atoms. The van der Waals surface area contributed by atoms with E-state index in [2.05, 4.69) is 6.92 Å². The average molecular weight is 297 g/mol. The molecule has 1 aliphatic carbocycles. The van der Waals surface area contributed by atoms with Crippen LogP contribution in [-0.2, 0) is 0 Å². The summed E-state index contributed by atoms with van der Waals surface area (Å²) in [6.07, 6.45) is 5.39. The van der Waals surface area contributed by atoms with Gasteiger partial charge in [-0.1, -0.05) is 43.9 Å². The summed E-state index contributed by atoms with van der Waals surface area (Å²) in [5.41, 5.74) is 0. The molecule has 0 bridgehead atoms. The molecule has 2 rings (SSSR count). The van der Waals surface area contributed by atoms with Gasteiger partial charge in [-0.15, -0.1) is 0 Å². The first-order chi connectivity index (χ1) is 9.60. The molecule has 1 fully saturated rings. The van der Waals surface area contributed by atoms with E-state index in [0.29, 0.717) is 10.9 Å². The molecule has 2 nitrogen and oxygen atoms in total. The van der Waals surface area contributed by atoms with E-state index < -0.39 is 6.10 Å². The van der Waals surface area contributed by atoms with Crippen LogP contribution in [0.1, 0.15) is 46.0 Å². The summed E-state index contributed by atoms with van der Waals surface area (Å²) in [5, 5.41) is 11.2. The molecule has 0 aliphatic heterocycles. The van der Waals surface area contributed by atoms with Crippen molar-refractivity contribution in [3.05, 3.63) is 29.3 Å². The fourth-order valence-corrected chi connectivity index (χ4v) is 3.40. The van der Waals surface area contributed by atoms with Gasteiger partial charge in [0.2, 0.25) is 0 Å². The summed E-state index contributed by atoms with van der Waals surface area (Å²) in [4.78, 5) is 0. The molecule has 4 atom stereocenters. The normalized spacial score (nSPS) is 26.0. The first-order valence-corrected chi connectivity index (χ1v) is 8.08. The molecule has 1 aromatic rings. The van der Waals surface area contributed by atoms with E-state index in [1.807, 2.05) is 25.1 Å². The molecular formula is C17H25ClO2. The summed E-state index contributed by atoms with van der Waals surface area (Å²) in [5.74, 6) is 1.86. The highest BCUT2D eigenvalue weighted by Crippen LogP contribution is 2.34. The number of hydrogen-bond donors (Lipinski definition) is 1. The van der Waals surface area contributed by atoms with Crippen LogP contribution in [-0.4, -0.2) is 17.3 Å². The first kappa shape index (κ1) is 15.7. The van der Waals surface area contributed by atoms with Gasteiger partial charge in [0.15, 0.2) is 0 Å². The quantitative estimate of drug-likeness (QED) is 0.854. The van der Waals surface area contributed by atoms with Crippen LogP contribution in [0.5, 0.6) is 5.75 Å². The Kier molecular flexibility index (Phi) is 5.74. The van der Waals surface area contributed by atoms with Crippen LogP contribution in [0.25, 0.3) is 0 Å². The Morgan fingerprint density at radius 3 is 2.90 bits per heavy atom. The van der Waals surface area contributed by atoms with Crippen molar-refractivity contribution in [3.8, 4) is 5.75 Å². The Labute approximate surface area is 127 Å². The highest BCUT2D eigenvalue weighted by Gasteiger charge is 2.30. The van der Waals surface area contributed by atoms with Gasteiger partial charge in [-0.2, -0.15) is 0 Å². The van der Waals surface area contributed by atoms with Gasteiger partial charge in [-0.25, -0.2) is 0 Å². The molecule has 3 heteroatoms. The lowest BCUT2D eigenvalue weighted by Gasteiger charge is -2.34. The zero-order valence-corrected chi connectivity index (χ0v) is 13.1. The second kappa shape index (κ2) is 7.33. The molecule has 1 aliphatic rings. The molecular weight excluding hydrogens is 272 g/mol. The standard InChI is InChI=1S/C17H25ClO2/c1-3-13-6-4-7-14(10-13)17(19)12(2)20-16-9-5-8-15(18)11-16/h5,8-9,11-14,17,19H,3-4,6-7,10H2,1-2H3. The van der Waals surface area contributed by atoms with Crippen LogP contribution in [0, 0.1) is 11.8 Å². The SMILES string of the molecule is CCC1CCCC(C(O)C(C)Oc2cccc(Cl)c2)C1. The number of ether oxygens (including phenoxy) is 1. The van der Waals surface area contributed by atoms with Crippen LogP contribution in [0.3, 0.4) is 0 Å². The zero-order valence-electron chi connectivity index (χ0n) is 12.4. The predicted octanol–water partition coefficient (Wildman–Crippen LogP) is 4.68. The number of aliphatic hydroxyl groups excluding tert-OH is 1. The minimum atomic E-state index is -0.400. The minimum absolute atomic E-state index is 0.200. The number of halogens is 1. The van der Waals surface area contributed by atoms with Gasteiger partial charge in [0.05, 0.1) is 6.10 Å². The van der Waals surface area contributed by atoms with Gasteiger partial charge in [0.1, 0.15) is 11.9 Å². The maximum absolute atomic E-state index is 10.5. The van der Waals surface area contributed by atoms with E-state index in [9.17, 15) is 5.11 Å². The molecule has 112 valence electrons. The summed E-state index contributed by atoms with van der Waals surface area (Å²) in [6.45, 7) is 4.19. The van der Waals surface area contributed by atoms with E-state index >= 15 is 0 Å². The van der Waals surface area contributed by atoms with Gasteiger partial charge >= 0.3 is 0 Å². The van der Waals surface area contributed by atoms with Crippen LogP contribution in [0.15, 0.2) is 24.3 Å². The van der Waals surface area contributed by atoms with Gasteiger partial charge in [-0.05, 0) is 49.8 Å². The monoisotopic (exact) mass is 296 g/mol. The van der Waals surface area contributed by atoms with E-state index in [1.54, 1.807) is 6.07 Å². The largest absolute Gasteiger partial charge is 0.488 e. The van der Waals surface area contributed by atoms with Crippen LogP contribution >= 0.6 is 11.6 Å².